The molecule has 1 aromatic heterocycles. The van der Waals surface area contributed by atoms with Gasteiger partial charge in [-0.05, 0) is 30.7 Å². The van der Waals surface area contributed by atoms with Crippen LogP contribution in [-0.4, -0.2) is 16.9 Å². The largest absolute Gasteiger partial charge is 0.349 e. The van der Waals surface area contributed by atoms with Crippen molar-refractivity contribution in [2.24, 2.45) is 11.8 Å². The summed E-state index contributed by atoms with van der Waals surface area (Å²) in [5, 5.41) is 3.51. The number of halogens is 1. The predicted octanol–water partition coefficient (Wildman–Crippen LogP) is 3.29. The molecule has 0 aliphatic heterocycles. The third kappa shape index (κ3) is 2.66. The van der Waals surface area contributed by atoms with Gasteiger partial charge in [-0.1, -0.05) is 31.9 Å². The molecule has 4 heteroatoms. The number of rotatable bonds is 3. The molecule has 18 heavy (non-hydrogen) atoms. The molecule has 0 bridgehead atoms. The van der Waals surface area contributed by atoms with Crippen molar-refractivity contribution in [1.82, 2.24) is 10.3 Å². The smallest absolute Gasteiger partial charge is 0.253 e. The molecule has 1 fully saturated rings. The molecule has 0 radical (unpaired) electrons. The minimum absolute atomic E-state index is 0.0870. The molecule has 2 rings (SSSR count). The van der Waals surface area contributed by atoms with Gasteiger partial charge in [-0.2, -0.15) is 0 Å². The van der Waals surface area contributed by atoms with E-state index in [1.54, 1.807) is 12.3 Å². The van der Waals surface area contributed by atoms with Crippen molar-refractivity contribution >= 4 is 17.5 Å². The van der Waals surface area contributed by atoms with Crippen LogP contribution < -0.4 is 5.32 Å². The Morgan fingerprint density at radius 1 is 1.56 bits per heavy atom. The lowest BCUT2D eigenvalue weighted by molar-refractivity contribution is 0.0926. The number of nitrogens with one attached hydrogen (secondary N) is 1. The van der Waals surface area contributed by atoms with Gasteiger partial charge in [0.2, 0.25) is 0 Å². The van der Waals surface area contributed by atoms with Crippen LogP contribution in [0.15, 0.2) is 18.5 Å². The molecule has 3 atom stereocenters. The maximum atomic E-state index is 12.1. The van der Waals surface area contributed by atoms with Gasteiger partial charge in [0, 0.05) is 18.4 Å². The quantitative estimate of drug-likeness (QED) is 0.912. The minimum Gasteiger partial charge on any atom is -0.349 e. The summed E-state index contributed by atoms with van der Waals surface area (Å²) < 4.78 is 0. The van der Waals surface area contributed by atoms with Gasteiger partial charge in [-0.25, -0.2) is 0 Å². The Labute approximate surface area is 113 Å². The molecule has 0 aromatic carbocycles. The van der Waals surface area contributed by atoms with Crippen LogP contribution in [0, 0.1) is 11.8 Å². The molecule has 1 amide bonds. The van der Waals surface area contributed by atoms with E-state index in [9.17, 15) is 4.79 Å². The van der Waals surface area contributed by atoms with Crippen molar-refractivity contribution in [3.05, 3.63) is 29.0 Å². The fraction of sp³-hybridized carbons (Fsp3) is 0.571. The van der Waals surface area contributed by atoms with E-state index in [0.29, 0.717) is 16.5 Å². The van der Waals surface area contributed by atoms with E-state index in [1.165, 1.54) is 19.0 Å². The molecule has 1 aliphatic carbocycles. The lowest BCUT2D eigenvalue weighted by Gasteiger charge is -2.21. The van der Waals surface area contributed by atoms with Crippen molar-refractivity contribution in [3.63, 3.8) is 0 Å². The molecule has 1 heterocycles. The first-order chi connectivity index (χ1) is 8.63. The van der Waals surface area contributed by atoms with Gasteiger partial charge in [0.25, 0.3) is 5.91 Å². The number of pyridine rings is 1. The molecular formula is C14H19ClN2O. The van der Waals surface area contributed by atoms with Crippen molar-refractivity contribution in [2.45, 2.75) is 39.2 Å². The fourth-order valence-corrected chi connectivity index (χ4v) is 3.04. The first-order valence-electron chi connectivity index (χ1n) is 6.53. The van der Waals surface area contributed by atoms with Gasteiger partial charge in [0.15, 0.2) is 0 Å². The highest BCUT2D eigenvalue weighted by molar-refractivity contribution is 6.33. The Hall–Kier alpha value is -1.09. The zero-order chi connectivity index (χ0) is 13.1. The van der Waals surface area contributed by atoms with Crippen molar-refractivity contribution in [3.8, 4) is 0 Å². The lowest BCUT2D eigenvalue weighted by atomic mass is 9.93. The third-order valence-electron chi connectivity index (χ3n) is 4.08. The lowest BCUT2D eigenvalue weighted by Crippen LogP contribution is -2.37. The Morgan fingerprint density at radius 2 is 2.33 bits per heavy atom. The van der Waals surface area contributed by atoms with E-state index in [4.69, 9.17) is 11.6 Å². The van der Waals surface area contributed by atoms with Crippen LogP contribution in [0.1, 0.15) is 43.5 Å². The molecule has 0 spiro atoms. The van der Waals surface area contributed by atoms with Crippen LogP contribution in [-0.2, 0) is 0 Å². The standard InChI is InChI=1S/C14H19ClN2O/c1-3-10-4-5-13(9(10)2)17-14(18)11-6-7-16-8-12(11)15/h6-10,13H,3-5H2,1-2H3,(H,17,18). The average Bonchev–Trinajstić information content (AvgIpc) is 2.71. The monoisotopic (exact) mass is 266 g/mol. The summed E-state index contributed by atoms with van der Waals surface area (Å²) in [6.07, 6.45) is 6.54. The number of aromatic nitrogens is 1. The topological polar surface area (TPSA) is 42.0 Å². The summed E-state index contributed by atoms with van der Waals surface area (Å²) in [5.74, 6) is 1.18. The number of amides is 1. The first-order valence-corrected chi connectivity index (χ1v) is 6.91. The van der Waals surface area contributed by atoms with E-state index in [0.717, 1.165) is 12.3 Å². The number of nitrogens with zero attached hydrogens (tertiary/aromatic N) is 1. The van der Waals surface area contributed by atoms with Crippen LogP contribution in [0.25, 0.3) is 0 Å². The molecule has 0 saturated heterocycles. The van der Waals surface area contributed by atoms with Gasteiger partial charge in [-0.15, -0.1) is 0 Å². The summed E-state index contributed by atoms with van der Waals surface area (Å²) in [4.78, 5) is 16.0. The Morgan fingerprint density at radius 3 is 2.94 bits per heavy atom. The summed E-state index contributed by atoms with van der Waals surface area (Å²) in [6.45, 7) is 4.44. The molecule has 1 aromatic rings. The Bertz CT molecular complexity index is 436. The van der Waals surface area contributed by atoms with Crippen molar-refractivity contribution < 1.29 is 4.79 Å². The van der Waals surface area contributed by atoms with E-state index in [2.05, 4.69) is 24.1 Å². The third-order valence-corrected chi connectivity index (χ3v) is 4.39. The second-order valence-corrected chi connectivity index (χ2v) is 5.45. The minimum atomic E-state index is -0.0870. The maximum Gasteiger partial charge on any atom is 0.253 e. The van der Waals surface area contributed by atoms with Crippen LogP contribution in [0.5, 0.6) is 0 Å². The summed E-state index contributed by atoms with van der Waals surface area (Å²) in [5.41, 5.74) is 0.513. The molecular weight excluding hydrogens is 248 g/mol. The summed E-state index contributed by atoms with van der Waals surface area (Å²) in [6, 6.07) is 1.93. The van der Waals surface area contributed by atoms with Gasteiger partial charge in [0.1, 0.15) is 0 Å². The van der Waals surface area contributed by atoms with Crippen LogP contribution >= 0.6 is 11.6 Å². The Kier molecular flexibility index (Phi) is 4.23. The van der Waals surface area contributed by atoms with Gasteiger partial charge < -0.3 is 5.32 Å². The van der Waals surface area contributed by atoms with E-state index in [-0.39, 0.29) is 11.9 Å². The summed E-state index contributed by atoms with van der Waals surface area (Å²) in [7, 11) is 0. The van der Waals surface area contributed by atoms with Gasteiger partial charge >= 0.3 is 0 Å². The fourth-order valence-electron chi connectivity index (χ4n) is 2.83. The molecule has 3 nitrogen and oxygen atoms in total. The molecule has 3 unspecified atom stereocenters. The normalized spacial score (nSPS) is 27.2. The number of hydrogen-bond donors (Lipinski definition) is 1. The van der Waals surface area contributed by atoms with Gasteiger partial charge in [0.05, 0.1) is 10.6 Å². The van der Waals surface area contributed by atoms with Crippen molar-refractivity contribution in [2.75, 3.05) is 0 Å². The summed E-state index contributed by atoms with van der Waals surface area (Å²) >= 11 is 5.97. The molecule has 98 valence electrons. The number of hydrogen-bond acceptors (Lipinski definition) is 2. The molecule has 1 aliphatic rings. The van der Waals surface area contributed by atoms with Crippen LogP contribution in [0.2, 0.25) is 5.02 Å². The number of carbonyl (C=O) groups excluding carboxylic acids is 1. The highest BCUT2D eigenvalue weighted by Gasteiger charge is 2.32. The highest BCUT2D eigenvalue weighted by Crippen LogP contribution is 2.34. The molecule has 1 saturated carbocycles. The Balaban J connectivity index is 2.03. The van der Waals surface area contributed by atoms with Gasteiger partial charge in [-0.3, -0.25) is 9.78 Å². The van der Waals surface area contributed by atoms with Crippen LogP contribution in [0.3, 0.4) is 0 Å². The highest BCUT2D eigenvalue weighted by atomic mass is 35.5. The SMILES string of the molecule is CCC1CCC(NC(=O)c2ccncc2Cl)C1C. The van der Waals surface area contributed by atoms with Crippen LogP contribution in [0.4, 0.5) is 0 Å². The zero-order valence-electron chi connectivity index (χ0n) is 10.8. The van der Waals surface area contributed by atoms with E-state index < -0.39 is 0 Å². The van der Waals surface area contributed by atoms with Crippen molar-refractivity contribution in [1.29, 1.82) is 0 Å². The predicted molar refractivity (Wildman–Crippen MR) is 72.7 cm³/mol. The molecule has 1 N–H and O–H groups in total. The number of carbonyl (C=O) groups is 1. The zero-order valence-corrected chi connectivity index (χ0v) is 11.6. The van der Waals surface area contributed by atoms with E-state index in [1.807, 2.05) is 0 Å². The maximum absolute atomic E-state index is 12.1. The second-order valence-electron chi connectivity index (χ2n) is 5.04. The van der Waals surface area contributed by atoms with E-state index >= 15 is 0 Å². The average molecular weight is 267 g/mol. The first kappa shape index (κ1) is 13.3. The second kappa shape index (κ2) is 5.70.